The van der Waals surface area contributed by atoms with Crippen LogP contribution in [0.3, 0.4) is 0 Å². The third-order valence-corrected chi connectivity index (χ3v) is 5.66. The molecule has 0 radical (unpaired) electrons. The maximum Gasteiger partial charge on any atom is 0.324 e. The molecule has 0 atom stereocenters. The summed E-state index contributed by atoms with van der Waals surface area (Å²) in [5.41, 5.74) is 0.494. The van der Waals surface area contributed by atoms with Crippen LogP contribution in [-0.4, -0.2) is 34.0 Å². The minimum atomic E-state index is -0.611. The first-order chi connectivity index (χ1) is 12.9. The van der Waals surface area contributed by atoms with Gasteiger partial charge in [0.2, 0.25) is 0 Å². The lowest BCUT2D eigenvalue weighted by atomic mass is 10.3. The number of rotatable bonds is 6. The van der Waals surface area contributed by atoms with E-state index in [2.05, 4.69) is 4.99 Å². The first-order valence-electron chi connectivity index (χ1n) is 7.50. The summed E-state index contributed by atoms with van der Waals surface area (Å²) in [7, 11) is 1.52. The van der Waals surface area contributed by atoms with Gasteiger partial charge in [-0.05, 0) is 12.1 Å². The van der Waals surface area contributed by atoms with Crippen LogP contribution in [0.1, 0.15) is 9.67 Å². The lowest BCUT2D eigenvalue weighted by Gasteiger charge is -2.04. The fourth-order valence-corrected chi connectivity index (χ4v) is 4.08. The molecule has 2 aromatic heterocycles. The Labute approximate surface area is 159 Å². The highest BCUT2D eigenvalue weighted by Gasteiger charge is 2.17. The molecule has 2 heterocycles. The highest BCUT2D eigenvalue weighted by molar-refractivity contribution is 7.17. The van der Waals surface area contributed by atoms with E-state index >= 15 is 0 Å². The number of ether oxygens (including phenoxy) is 1. The Morgan fingerprint density at radius 2 is 1.96 bits per heavy atom. The second kappa shape index (κ2) is 7.73. The molecule has 0 aliphatic rings. The van der Waals surface area contributed by atoms with Crippen LogP contribution in [0.5, 0.6) is 0 Å². The molecule has 0 saturated carbocycles. The van der Waals surface area contributed by atoms with Crippen molar-refractivity contribution in [3.63, 3.8) is 0 Å². The van der Waals surface area contributed by atoms with Crippen molar-refractivity contribution in [2.45, 2.75) is 6.54 Å². The Bertz CT molecular complexity index is 1110. The lowest BCUT2D eigenvalue weighted by molar-refractivity contribution is -0.384. The van der Waals surface area contributed by atoms with Crippen LogP contribution < -0.4 is 4.80 Å². The number of non-ortho nitro benzene ring substituents is 1. The van der Waals surface area contributed by atoms with E-state index < -0.39 is 15.8 Å². The van der Waals surface area contributed by atoms with Crippen molar-refractivity contribution in [2.75, 3.05) is 13.7 Å². The molecule has 0 bridgehead atoms. The van der Waals surface area contributed by atoms with E-state index in [1.54, 1.807) is 10.6 Å². The van der Waals surface area contributed by atoms with E-state index in [-0.39, 0.29) is 15.6 Å². The van der Waals surface area contributed by atoms with Gasteiger partial charge in [-0.2, -0.15) is 4.99 Å². The first-order valence-corrected chi connectivity index (χ1v) is 9.14. The molecule has 27 heavy (non-hydrogen) atoms. The van der Waals surface area contributed by atoms with Gasteiger partial charge in [0.15, 0.2) is 4.80 Å². The van der Waals surface area contributed by atoms with Crippen LogP contribution in [0.25, 0.3) is 10.2 Å². The van der Waals surface area contributed by atoms with Crippen LogP contribution in [0.4, 0.5) is 10.7 Å². The number of nitro groups is 2. The van der Waals surface area contributed by atoms with Crippen molar-refractivity contribution >= 4 is 49.5 Å². The van der Waals surface area contributed by atoms with Gasteiger partial charge in [0, 0.05) is 31.9 Å². The summed E-state index contributed by atoms with van der Waals surface area (Å²) in [5.74, 6) is -0.611. The number of carbonyl (C=O) groups excluding carboxylic acids is 1. The van der Waals surface area contributed by atoms with Crippen molar-refractivity contribution in [1.82, 2.24) is 4.57 Å². The first kappa shape index (κ1) is 18.8. The smallest absolute Gasteiger partial charge is 0.324 e. The molecule has 0 saturated heterocycles. The number of hydrogen-bond acceptors (Lipinski definition) is 8. The van der Waals surface area contributed by atoms with Gasteiger partial charge < -0.3 is 9.30 Å². The number of thiophene rings is 1. The van der Waals surface area contributed by atoms with E-state index in [0.717, 1.165) is 16.0 Å². The van der Waals surface area contributed by atoms with Crippen LogP contribution in [0, 0.1) is 20.2 Å². The minimum absolute atomic E-state index is 0.0711. The van der Waals surface area contributed by atoms with Crippen molar-refractivity contribution in [2.24, 2.45) is 4.99 Å². The quantitative estimate of drug-likeness (QED) is 0.455. The number of aromatic nitrogens is 1. The Kier molecular flexibility index (Phi) is 5.39. The molecule has 0 spiro atoms. The molecule has 1 amide bonds. The second-order valence-corrected chi connectivity index (χ2v) is 7.32. The maximum atomic E-state index is 12.4. The number of benzene rings is 1. The number of hydrogen-bond donors (Lipinski definition) is 0. The fourth-order valence-electron chi connectivity index (χ4n) is 2.34. The van der Waals surface area contributed by atoms with E-state index in [1.165, 1.54) is 42.7 Å². The number of amides is 1. The molecular weight excluding hydrogens is 396 g/mol. The Morgan fingerprint density at radius 3 is 2.59 bits per heavy atom. The van der Waals surface area contributed by atoms with Crippen LogP contribution in [-0.2, 0) is 11.3 Å². The molecule has 0 aliphatic heterocycles. The van der Waals surface area contributed by atoms with Crippen LogP contribution >= 0.6 is 22.7 Å². The summed E-state index contributed by atoms with van der Waals surface area (Å²) in [4.78, 5) is 37.7. The predicted octanol–water partition coefficient (Wildman–Crippen LogP) is 2.97. The summed E-state index contributed by atoms with van der Waals surface area (Å²) in [6.07, 6.45) is 0. The number of nitrogens with zero attached hydrogens (tertiary/aromatic N) is 4. The third-order valence-electron chi connectivity index (χ3n) is 3.58. The number of fused-ring (bicyclic) bond motifs is 1. The van der Waals surface area contributed by atoms with Gasteiger partial charge in [0.25, 0.3) is 11.6 Å². The number of methoxy groups -OCH3 is 1. The Hall–Kier alpha value is -2.96. The standard InChI is InChI=1S/C15H12N4O6S2/c1-25-7-6-17-10-8-9(18(21)22)2-3-11(10)27-15(17)16-14(20)12-4-5-13(26-12)19(23)24/h2-5,8H,6-7H2,1H3. The summed E-state index contributed by atoms with van der Waals surface area (Å²) in [6, 6.07) is 7.00. The zero-order valence-corrected chi connectivity index (χ0v) is 15.5. The topological polar surface area (TPSA) is 130 Å². The van der Waals surface area contributed by atoms with E-state index in [9.17, 15) is 25.0 Å². The predicted molar refractivity (Wildman–Crippen MR) is 99.2 cm³/mol. The molecule has 12 heteroatoms. The van der Waals surface area contributed by atoms with Crippen LogP contribution in [0.2, 0.25) is 0 Å². The monoisotopic (exact) mass is 408 g/mol. The normalized spacial score (nSPS) is 11.8. The summed E-state index contributed by atoms with van der Waals surface area (Å²) >= 11 is 1.94. The highest BCUT2D eigenvalue weighted by atomic mass is 32.1. The molecule has 0 aliphatic carbocycles. The fraction of sp³-hybridized carbons (Fsp3) is 0.200. The zero-order valence-electron chi connectivity index (χ0n) is 13.9. The summed E-state index contributed by atoms with van der Waals surface area (Å²) in [5, 5.41) is 21.7. The largest absolute Gasteiger partial charge is 0.383 e. The van der Waals surface area contributed by atoms with Gasteiger partial charge in [-0.15, -0.1) is 0 Å². The molecule has 140 valence electrons. The van der Waals surface area contributed by atoms with E-state index in [4.69, 9.17) is 4.74 Å². The van der Waals surface area contributed by atoms with E-state index in [0.29, 0.717) is 23.5 Å². The molecule has 10 nitrogen and oxygen atoms in total. The molecule has 3 aromatic rings. The SMILES string of the molecule is COCCn1c(=NC(=O)c2ccc([N+](=O)[O-])s2)sc2ccc([N+](=O)[O-])cc21. The van der Waals surface area contributed by atoms with Gasteiger partial charge in [0.05, 0.1) is 26.7 Å². The van der Waals surface area contributed by atoms with Gasteiger partial charge >= 0.3 is 5.00 Å². The van der Waals surface area contributed by atoms with Crippen molar-refractivity contribution in [3.8, 4) is 0 Å². The second-order valence-electron chi connectivity index (χ2n) is 5.25. The Balaban J connectivity index is 2.10. The molecule has 0 fully saturated rings. The number of thiazole rings is 1. The minimum Gasteiger partial charge on any atom is -0.383 e. The zero-order chi connectivity index (χ0) is 19.6. The maximum absolute atomic E-state index is 12.4. The molecular formula is C15H12N4O6S2. The number of carbonyl (C=O) groups is 1. The molecule has 0 unspecified atom stereocenters. The third kappa shape index (κ3) is 3.92. The van der Waals surface area contributed by atoms with Gasteiger partial charge in [0.1, 0.15) is 4.88 Å². The van der Waals surface area contributed by atoms with E-state index in [1.807, 2.05) is 0 Å². The van der Waals surface area contributed by atoms with Crippen molar-refractivity contribution in [1.29, 1.82) is 0 Å². The average Bonchev–Trinajstić information content (AvgIpc) is 3.24. The van der Waals surface area contributed by atoms with Gasteiger partial charge in [-0.1, -0.05) is 22.7 Å². The molecule has 3 rings (SSSR count). The summed E-state index contributed by atoms with van der Waals surface area (Å²) < 4.78 is 7.45. The van der Waals surface area contributed by atoms with Crippen molar-refractivity contribution in [3.05, 3.63) is 60.2 Å². The van der Waals surface area contributed by atoms with Gasteiger partial charge in [-0.3, -0.25) is 25.0 Å². The van der Waals surface area contributed by atoms with Gasteiger partial charge in [-0.25, -0.2) is 0 Å². The molecule has 1 aromatic carbocycles. The number of nitro benzene ring substituents is 1. The van der Waals surface area contributed by atoms with Crippen LogP contribution in [0.15, 0.2) is 35.3 Å². The molecule has 0 N–H and O–H groups in total. The van der Waals surface area contributed by atoms with Crippen molar-refractivity contribution < 1.29 is 19.4 Å². The lowest BCUT2D eigenvalue weighted by Crippen LogP contribution is -2.19. The Morgan fingerprint density at radius 1 is 1.19 bits per heavy atom. The average molecular weight is 408 g/mol. The summed E-state index contributed by atoms with van der Waals surface area (Å²) in [6.45, 7) is 0.661. The highest BCUT2D eigenvalue weighted by Crippen LogP contribution is 2.25.